The summed E-state index contributed by atoms with van der Waals surface area (Å²) in [5.41, 5.74) is 0. The third-order valence-electron chi connectivity index (χ3n) is 1.55. The molecule has 0 rings (SSSR count). The Morgan fingerprint density at radius 2 is 2.18 bits per heavy atom. The van der Waals surface area contributed by atoms with Gasteiger partial charge < -0.3 is 10.4 Å². The largest absolute Gasteiger partial charge is 0.481 e. The van der Waals surface area contributed by atoms with Gasteiger partial charge in [-0.1, -0.05) is 20.3 Å². The molecule has 0 aromatic heterocycles. The van der Waals surface area contributed by atoms with Crippen molar-refractivity contribution >= 4 is 5.97 Å². The Morgan fingerprint density at radius 1 is 1.55 bits per heavy atom. The van der Waals surface area contributed by atoms with Crippen LogP contribution in [0.25, 0.3) is 0 Å². The van der Waals surface area contributed by atoms with Gasteiger partial charge in [-0.05, 0) is 13.0 Å². The van der Waals surface area contributed by atoms with E-state index in [-0.39, 0.29) is 12.5 Å². The van der Waals surface area contributed by atoms with E-state index >= 15 is 0 Å². The molecule has 0 bridgehead atoms. The fraction of sp³-hybridized carbons (Fsp3) is 0.875. The summed E-state index contributed by atoms with van der Waals surface area (Å²) in [5.74, 6) is -0.718. The average Bonchev–Trinajstić information content (AvgIpc) is 1.87. The lowest BCUT2D eigenvalue weighted by Gasteiger charge is -2.13. The molecular formula is C8H17NO2. The van der Waals surface area contributed by atoms with Crippen molar-refractivity contribution in [3.63, 3.8) is 0 Å². The molecule has 0 aliphatic heterocycles. The summed E-state index contributed by atoms with van der Waals surface area (Å²) in [7, 11) is 0. The van der Waals surface area contributed by atoms with Crippen LogP contribution in [0.3, 0.4) is 0 Å². The molecule has 0 saturated heterocycles. The summed E-state index contributed by atoms with van der Waals surface area (Å²) in [6, 6.07) is 0.155. The van der Waals surface area contributed by atoms with E-state index in [1.54, 1.807) is 0 Å². The predicted molar refractivity (Wildman–Crippen MR) is 44.6 cm³/mol. The standard InChI is InChI=1S/C8H17NO2/c1-3-5-7(9-4-2)6-8(10)11/h7,9H,3-6H2,1-2H3,(H,10,11). The van der Waals surface area contributed by atoms with Gasteiger partial charge in [0, 0.05) is 6.04 Å². The van der Waals surface area contributed by atoms with Gasteiger partial charge >= 0.3 is 5.97 Å². The number of hydrogen-bond acceptors (Lipinski definition) is 2. The van der Waals surface area contributed by atoms with Crippen LogP contribution < -0.4 is 5.32 Å². The van der Waals surface area contributed by atoms with E-state index in [4.69, 9.17) is 5.11 Å². The monoisotopic (exact) mass is 159 g/mol. The van der Waals surface area contributed by atoms with Crippen molar-refractivity contribution in [1.82, 2.24) is 5.32 Å². The molecule has 1 unspecified atom stereocenters. The van der Waals surface area contributed by atoms with Crippen LogP contribution in [0.5, 0.6) is 0 Å². The van der Waals surface area contributed by atoms with Crippen LogP contribution in [0.1, 0.15) is 33.1 Å². The topological polar surface area (TPSA) is 49.3 Å². The highest BCUT2D eigenvalue weighted by molar-refractivity contribution is 5.67. The lowest BCUT2D eigenvalue weighted by atomic mass is 10.1. The molecule has 0 aliphatic rings. The lowest BCUT2D eigenvalue weighted by molar-refractivity contribution is -0.137. The summed E-state index contributed by atoms with van der Waals surface area (Å²) in [6.45, 7) is 4.90. The molecule has 66 valence electrons. The second kappa shape index (κ2) is 6.16. The van der Waals surface area contributed by atoms with Crippen molar-refractivity contribution in [3.05, 3.63) is 0 Å². The maximum Gasteiger partial charge on any atom is 0.304 e. The first-order valence-electron chi connectivity index (χ1n) is 4.15. The second-order valence-electron chi connectivity index (χ2n) is 2.64. The molecule has 0 aromatic carbocycles. The zero-order valence-corrected chi connectivity index (χ0v) is 7.26. The Balaban J connectivity index is 3.59. The van der Waals surface area contributed by atoms with Crippen molar-refractivity contribution in [2.45, 2.75) is 39.2 Å². The molecule has 2 N–H and O–H groups in total. The number of carboxylic acid groups (broad SMARTS) is 1. The Bertz CT molecular complexity index is 109. The van der Waals surface area contributed by atoms with E-state index < -0.39 is 5.97 Å². The Labute approximate surface area is 67.8 Å². The first-order valence-corrected chi connectivity index (χ1v) is 4.15. The van der Waals surface area contributed by atoms with Crippen LogP contribution in [0.15, 0.2) is 0 Å². The van der Waals surface area contributed by atoms with E-state index in [2.05, 4.69) is 12.2 Å². The molecule has 3 nitrogen and oxygen atoms in total. The van der Waals surface area contributed by atoms with E-state index in [9.17, 15) is 4.79 Å². The minimum Gasteiger partial charge on any atom is -0.481 e. The summed E-state index contributed by atoms with van der Waals surface area (Å²) in [4.78, 5) is 10.3. The van der Waals surface area contributed by atoms with Crippen LogP contribution in [0.2, 0.25) is 0 Å². The highest BCUT2D eigenvalue weighted by Gasteiger charge is 2.09. The fourth-order valence-corrected chi connectivity index (χ4v) is 1.12. The Morgan fingerprint density at radius 3 is 2.55 bits per heavy atom. The summed E-state index contributed by atoms with van der Waals surface area (Å²) in [6.07, 6.45) is 2.22. The normalized spacial score (nSPS) is 12.9. The second-order valence-corrected chi connectivity index (χ2v) is 2.64. The quantitative estimate of drug-likeness (QED) is 0.613. The third-order valence-corrected chi connectivity index (χ3v) is 1.55. The summed E-state index contributed by atoms with van der Waals surface area (Å²) in [5, 5.41) is 11.6. The number of carbonyl (C=O) groups is 1. The van der Waals surface area contributed by atoms with E-state index in [0.29, 0.717) is 0 Å². The van der Waals surface area contributed by atoms with Crippen LogP contribution in [0, 0.1) is 0 Å². The first-order chi connectivity index (χ1) is 5.20. The van der Waals surface area contributed by atoms with Crippen molar-refractivity contribution in [1.29, 1.82) is 0 Å². The predicted octanol–water partition coefficient (Wildman–Crippen LogP) is 1.24. The van der Waals surface area contributed by atoms with Gasteiger partial charge in [-0.15, -0.1) is 0 Å². The van der Waals surface area contributed by atoms with Crippen LogP contribution in [0.4, 0.5) is 0 Å². The molecular weight excluding hydrogens is 142 g/mol. The minimum absolute atomic E-state index is 0.155. The van der Waals surface area contributed by atoms with Crippen LogP contribution >= 0.6 is 0 Å². The summed E-state index contributed by atoms with van der Waals surface area (Å²) < 4.78 is 0. The van der Waals surface area contributed by atoms with Gasteiger partial charge in [0.05, 0.1) is 6.42 Å². The molecule has 0 heterocycles. The van der Waals surface area contributed by atoms with Crippen LogP contribution in [-0.4, -0.2) is 23.7 Å². The van der Waals surface area contributed by atoms with Gasteiger partial charge in [0.15, 0.2) is 0 Å². The molecule has 11 heavy (non-hydrogen) atoms. The minimum atomic E-state index is -0.718. The molecule has 0 spiro atoms. The maximum absolute atomic E-state index is 10.3. The zero-order valence-electron chi connectivity index (χ0n) is 7.26. The number of hydrogen-bond donors (Lipinski definition) is 2. The van der Waals surface area contributed by atoms with Gasteiger partial charge in [0.1, 0.15) is 0 Å². The van der Waals surface area contributed by atoms with Crippen molar-refractivity contribution < 1.29 is 9.90 Å². The summed E-state index contributed by atoms with van der Waals surface area (Å²) >= 11 is 0. The molecule has 0 amide bonds. The van der Waals surface area contributed by atoms with E-state index in [0.717, 1.165) is 19.4 Å². The fourth-order valence-electron chi connectivity index (χ4n) is 1.12. The number of carboxylic acids is 1. The molecule has 0 aromatic rings. The van der Waals surface area contributed by atoms with Gasteiger partial charge in [-0.3, -0.25) is 4.79 Å². The van der Waals surface area contributed by atoms with E-state index in [1.807, 2.05) is 6.92 Å². The molecule has 3 heteroatoms. The molecule has 0 fully saturated rings. The number of aliphatic carboxylic acids is 1. The molecule has 0 radical (unpaired) electrons. The number of nitrogens with one attached hydrogen (secondary N) is 1. The van der Waals surface area contributed by atoms with Crippen molar-refractivity contribution in [2.24, 2.45) is 0 Å². The SMILES string of the molecule is CCCC(CC(=O)O)NCC. The lowest BCUT2D eigenvalue weighted by Crippen LogP contribution is -2.30. The number of rotatable bonds is 6. The highest BCUT2D eigenvalue weighted by Crippen LogP contribution is 2.00. The van der Waals surface area contributed by atoms with Gasteiger partial charge in [0.25, 0.3) is 0 Å². The smallest absolute Gasteiger partial charge is 0.304 e. The molecule has 1 atom stereocenters. The highest BCUT2D eigenvalue weighted by atomic mass is 16.4. The Hall–Kier alpha value is -0.570. The van der Waals surface area contributed by atoms with Gasteiger partial charge in [0.2, 0.25) is 0 Å². The molecule has 0 aliphatic carbocycles. The first kappa shape index (κ1) is 10.4. The van der Waals surface area contributed by atoms with Crippen molar-refractivity contribution in [3.8, 4) is 0 Å². The van der Waals surface area contributed by atoms with Crippen molar-refractivity contribution in [2.75, 3.05) is 6.54 Å². The Kier molecular flexibility index (Phi) is 5.84. The van der Waals surface area contributed by atoms with Gasteiger partial charge in [-0.25, -0.2) is 0 Å². The van der Waals surface area contributed by atoms with Crippen LogP contribution in [-0.2, 0) is 4.79 Å². The average molecular weight is 159 g/mol. The molecule has 0 saturated carbocycles. The zero-order chi connectivity index (χ0) is 8.69. The van der Waals surface area contributed by atoms with Gasteiger partial charge in [-0.2, -0.15) is 0 Å². The third kappa shape index (κ3) is 5.85. The maximum atomic E-state index is 10.3. The van der Waals surface area contributed by atoms with E-state index in [1.165, 1.54) is 0 Å².